The van der Waals surface area contributed by atoms with Crippen LogP contribution in [0.1, 0.15) is 32.8 Å². The molecule has 4 aromatic rings. The minimum absolute atomic E-state index is 0.00297. The zero-order valence-corrected chi connectivity index (χ0v) is 18.5. The van der Waals surface area contributed by atoms with E-state index in [1.165, 1.54) is 30.3 Å². The summed E-state index contributed by atoms with van der Waals surface area (Å²) in [6.45, 7) is 0. The average molecular weight is 493 g/mol. The maximum Gasteiger partial charge on any atom is 0.416 e. The molecule has 0 radical (unpaired) electrons. The molecular formula is C24H16ClF3O4S. The summed E-state index contributed by atoms with van der Waals surface area (Å²) < 4.78 is 70.7. The summed E-state index contributed by atoms with van der Waals surface area (Å²) >= 11 is 5.88. The highest BCUT2D eigenvalue weighted by Gasteiger charge is 2.31. The van der Waals surface area contributed by atoms with Crippen molar-refractivity contribution in [1.29, 1.82) is 0 Å². The predicted molar refractivity (Wildman–Crippen MR) is 119 cm³/mol. The minimum Gasteiger partial charge on any atom is -0.452 e. The molecule has 0 bridgehead atoms. The Kier molecular flexibility index (Phi) is 6.07. The fraction of sp³-hybridized carbons (Fsp3) is 0.125. The van der Waals surface area contributed by atoms with Crippen LogP contribution in [0.4, 0.5) is 13.2 Å². The Morgan fingerprint density at radius 1 is 0.909 bits per heavy atom. The predicted octanol–water partition coefficient (Wildman–Crippen LogP) is 6.45. The molecule has 0 amide bonds. The average Bonchev–Trinajstić information content (AvgIpc) is 3.11. The largest absolute Gasteiger partial charge is 0.452 e. The molecule has 0 fully saturated rings. The third-order valence-corrected chi connectivity index (χ3v) is 6.77. The van der Waals surface area contributed by atoms with Crippen LogP contribution in [0, 0.1) is 0 Å². The zero-order chi connectivity index (χ0) is 23.8. The number of sulfone groups is 1. The normalized spacial score (nSPS) is 12.2. The number of carbonyl (C=O) groups excluding carboxylic acids is 1. The van der Waals surface area contributed by atoms with Gasteiger partial charge in [-0.15, -0.1) is 0 Å². The van der Waals surface area contributed by atoms with Crippen molar-refractivity contribution in [1.82, 2.24) is 0 Å². The van der Waals surface area contributed by atoms with Crippen molar-refractivity contribution in [3.8, 4) is 0 Å². The minimum atomic E-state index is -4.58. The van der Waals surface area contributed by atoms with E-state index in [2.05, 4.69) is 0 Å². The highest BCUT2D eigenvalue weighted by Crippen LogP contribution is 2.32. The number of halogens is 4. The Bertz CT molecular complexity index is 1440. The zero-order valence-electron chi connectivity index (χ0n) is 16.9. The van der Waals surface area contributed by atoms with E-state index in [0.717, 1.165) is 18.2 Å². The van der Waals surface area contributed by atoms with Crippen LogP contribution in [-0.4, -0.2) is 14.2 Å². The topological polar surface area (TPSA) is 64.3 Å². The summed E-state index contributed by atoms with van der Waals surface area (Å²) in [4.78, 5) is 13.1. The first-order chi connectivity index (χ1) is 15.5. The van der Waals surface area contributed by atoms with Crippen LogP contribution in [-0.2, 0) is 27.5 Å². The van der Waals surface area contributed by atoms with E-state index in [4.69, 9.17) is 16.0 Å². The number of hydrogen-bond acceptors (Lipinski definition) is 4. The molecule has 1 aromatic heterocycles. The molecule has 0 saturated carbocycles. The molecule has 0 saturated heterocycles. The number of rotatable bonds is 6. The van der Waals surface area contributed by atoms with Gasteiger partial charge in [-0.25, -0.2) is 8.42 Å². The summed E-state index contributed by atoms with van der Waals surface area (Å²) in [7, 11) is -3.96. The molecule has 0 atom stereocenters. The number of hydrogen-bond donors (Lipinski definition) is 0. The second kappa shape index (κ2) is 8.68. The Morgan fingerprint density at radius 2 is 1.61 bits per heavy atom. The van der Waals surface area contributed by atoms with Gasteiger partial charge in [0.05, 0.1) is 17.1 Å². The Morgan fingerprint density at radius 3 is 2.30 bits per heavy atom. The number of benzene rings is 3. The van der Waals surface area contributed by atoms with Crippen molar-refractivity contribution in [2.45, 2.75) is 17.7 Å². The molecule has 0 unspecified atom stereocenters. The van der Waals surface area contributed by atoms with Crippen molar-refractivity contribution in [2.24, 2.45) is 0 Å². The van der Waals surface area contributed by atoms with Crippen molar-refractivity contribution >= 4 is 38.2 Å². The van der Waals surface area contributed by atoms with E-state index >= 15 is 0 Å². The molecule has 0 aliphatic carbocycles. The molecule has 33 heavy (non-hydrogen) atoms. The quantitative estimate of drug-likeness (QED) is 0.290. The van der Waals surface area contributed by atoms with E-state index in [1.807, 2.05) is 0 Å². The van der Waals surface area contributed by atoms with Crippen molar-refractivity contribution in [3.63, 3.8) is 0 Å². The summed E-state index contributed by atoms with van der Waals surface area (Å²) in [5, 5.41) is 0.877. The lowest BCUT2D eigenvalue weighted by molar-refractivity contribution is -0.137. The third kappa shape index (κ3) is 5.12. The van der Waals surface area contributed by atoms with E-state index in [9.17, 15) is 26.4 Å². The Labute approximate surface area is 192 Å². The maximum absolute atomic E-state index is 13.1. The monoisotopic (exact) mass is 492 g/mol. The van der Waals surface area contributed by atoms with Gasteiger partial charge in [0.1, 0.15) is 5.58 Å². The summed E-state index contributed by atoms with van der Waals surface area (Å²) in [5.41, 5.74) is -0.169. The first-order valence-corrected chi connectivity index (χ1v) is 11.9. The van der Waals surface area contributed by atoms with Gasteiger partial charge in [-0.1, -0.05) is 48.0 Å². The molecule has 9 heteroatoms. The SMILES string of the molecule is O=C(c1ccc(Cl)cc1)c1oc2ccccc2c1CS(=O)(=O)Cc1cccc(C(F)(F)F)c1. The van der Waals surface area contributed by atoms with E-state index < -0.39 is 38.9 Å². The van der Waals surface area contributed by atoms with Crippen LogP contribution in [0.25, 0.3) is 11.0 Å². The van der Waals surface area contributed by atoms with Crippen LogP contribution < -0.4 is 0 Å². The van der Waals surface area contributed by atoms with Crippen LogP contribution in [0.2, 0.25) is 5.02 Å². The number of para-hydroxylation sites is 1. The van der Waals surface area contributed by atoms with Crippen molar-refractivity contribution in [3.05, 3.63) is 106 Å². The number of fused-ring (bicyclic) bond motifs is 1. The van der Waals surface area contributed by atoms with Gasteiger partial charge in [-0.3, -0.25) is 4.79 Å². The third-order valence-electron chi connectivity index (χ3n) is 5.02. The van der Waals surface area contributed by atoms with Crippen molar-refractivity contribution < 1.29 is 30.8 Å². The molecule has 3 aromatic carbocycles. The molecule has 1 heterocycles. The maximum atomic E-state index is 13.1. The van der Waals surface area contributed by atoms with Gasteiger partial charge in [-0.2, -0.15) is 13.2 Å². The lowest BCUT2D eigenvalue weighted by Gasteiger charge is -2.10. The summed E-state index contributed by atoms with van der Waals surface area (Å²) in [6, 6.07) is 16.8. The molecule has 170 valence electrons. The van der Waals surface area contributed by atoms with Gasteiger partial charge in [-0.05, 0) is 42.0 Å². The van der Waals surface area contributed by atoms with Gasteiger partial charge in [0.15, 0.2) is 15.6 Å². The van der Waals surface area contributed by atoms with Gasteiger partial charge in [0.25, 0.3) is 0 Å². The van der Waals surface area contributed by atoms with Gasteiger partial charge in [0.2, 0.25) is 5.78 Å². The number of ketones is 1. The molecular weight excluding hydrogens is 477 g/mol. The number of alkyl halides is 3. The summed E-state index contributed by atoms with van der Waals surface area (Å²) in [6.07, 6.45) is -4.58. The molecule has 4 nitrogen and oxygen atoms in total. The number of carbonyl (C=O) groups is 1. The highest BCUT2D eigenvalue weighted by atomic mass is 35.5. The second-order valence-corrected chi connectivity index (χ2v) is 9.97. The first kappa shape index (κ1) is 23.1. The lowest BCUT2D eigenvalue weighted by atomic mass is 10.0. The molecule has 0 N–H and O–H groups in total. The van der Waals surface area contributed by atoms with Gasteiger partial charge >= 0.3 is 6.18 Å². The van der Waals surface area contributed by atoms with Crippen LogP contribution >= 0.6 is 11.6 Å². The smallest absolute Gasteiger partial charge is 0.416 e. The van der Waals surface area contributed by atoms with E-state index in [-0.39, 0.29) is 22.5 Å². The van der Waals surface area contributed by atoms with Crippen molar-refractivity contribution in [2.75, 3.05) is 0 Å². The fourth-order valence-electron chi connectivity index (χ4n) is 3.52. The van der Waals surface area contributed by atoms with Crippen LogP contribution in [0.15, 0.2) is 77.2 Å². The fourth-order valence-corrected chi connectivity index (χ4v) is 5.16. The Balaban J connectivity index is 1.71. The number of furan rings is 1. The lowest BCUT2D eigenvalue weighted by Crippen LogP contribution is -2.12. The standard InChI is InChI=1S/C24H16ClF3O4S/c25-18-10-8-16(9-11-18)22(29)23-20(19-6-1-2-7-21(19)32-23)14-33(30,31)13-15-4-3-5-17(12-15)24(26,27)28/h1-12H,13-14H2. The Hall–Kier alpha value is -3.10. The summed E-state index contributed by atoms with van der Waals surface area (Å²) in [5.74, 6) is -1.85. The highest BCUT2D eigenvalue weighted by molar-refractivity contribution is 7.89. The molecule has 0 aliphatic heterocycles. The molecule has 0 spiro atoms. The second-order valence-electron chi connectivity index (χ2n) is 7.47. The van der Waals surface area contributed by atoms with E-state index in [1.54, 1.807) is 24.3 Å². The first-order valence-electron chi connectivity index (χ1n) is 9.71. The molecule has 0 aliphatic rings. The van der Waals surface area contributed by atoms with Crippen LogP contribution in [0.5, 0.6) is 0 Å². The van der Waals surface area contributed by atoms with Gasteiger partial charge in [0, 0.05) is 21.5 Å². The van der Waals surface area contributed by atoms with Gasteiger partial charge < -0.3 is 4.42 Å². The van der Waals surface area contributed by atoms with E-state index in [0.29, 0.717) is 16.0 Å². The molecule has 4 rings (SSSR count). The van der Waals surface area contributed by atoms with Crippen LogP contribution in [0.3, 0.4) is 0 Å².